The molecule has 1 aromatic heterocycles. The lowest BCUT2D eigenvalue weighted by atomic mass is 9.89. The summed E-state index contributed by atoms with van der Waals surface area (Å²) in [5.74, 6) is 0. The first-order valence-corrected chi connectivity index (χ1v) is 6.69. The SMILES string of the molecule is CCCNC(Cc1cn(C)nn1)C(C)(CC)OC. The molecule has 18 heavy (non-hydrogen) atoms. The van der Waals surface area contributed by atoms with Crippen molar-refractivity contribution in [3.8, 4) is 0 Å². The van der Waals surface area contributed by atoms with Gasteiger partial charge in [-0.15, -0.1) is 5.10 Å². The smallest absolute Gasteiger partial charge is 0.0843 e. The lowest BCUT2D eigenvalue weighted by Crippen LogP contribution is -2.51. The van der Waals surface area contributed by atoms with E-state index in [1.807, 2.05) is 13.2 Å². The van der Waals surface area contributed by atoms with E-state index in [4.69, 9.17) is 4.74 Å². The minimum absolute atomic E-state index is 0.174. The lowest BCUT2D eigenvalue weighted by molar-refractivity contribution is -0.0289. The quantitative estimate of drug-likeness (QED) is 0.764. The average Bonchev–Trinajstić information content (AvgIpc) is 2.79. The highest BCUT2D eigenvalue weighted by Gasteiger charge is 2.32. The highest BCUT2D eigenvalue weighted by atomic mass is 16.5. The molecule has 0 aliphatic carbocycles. The molecule has 2 atom stereocenters. The first-order chi connectivity index (χ1) is 8.55. The summed E-state index contributed by atoms with van der Waals surface area (Å²) in [5.41, 5.74) is 0.829. The van der Waals surface area contributed by atoms with Crippen molar-refractivity contribution in [3.63, 3.8) is 0 Å². The standard InChI is InChI=1S/C13H26N4O/c1-6-8-14-12(13(3,7-2)18-5)9-11-10-17(4)16-15-11/h10,12,14H,6-9H2,1-5H3. The Balaban J connectivity index is 2.77. The number of aryl methyl sites for hydroxylation is 1. The fraction of sp³-hybridized carbons (Fsp3) is 0.846. The van der Waals surface area contributed by atoms with Gasteiger partial charge in [0, 0.05) is 32.8 Å². The van der Waals surface area contributed by atoms with Crippen LogP contribution >= 0.6 is 0 Å². The molecule has 0 aliphatic rings. The van der Waals surface area contributed by atoms with Gasteiger partial charge in [0.25, 0.3) is 0 Å². The number of rotatable bonds is 8. The van der Waals surface area contributed by atoms with Crippen molar-refractivity contribution in [1.29, 1.82) is 0 Å². The van der Waals surface area contributed by atoms with E-state index >= 15 is 0 Å². The predicted octanol–water partition coefficient (Wildman–Crippen LogP) is 1.54. The van der Waals surface area contributed by atoms with Crippen LogP contribution in [0.2, 0.25) is 0 Å². The van der Waals surface area contributed by atoms with Crippen molar-refractivity contribution in [2.75, 3.05) is 13.7 Å². The molecule has 1 heterocycles. The Bertz CT molecular complexity index is 347. The highest BCUT2D eigenvalue weighted by Crippen LogP contribution is 2.21. The van der Waals surface area contributed by atoms with E-state index in [0.29, 0.717) is 0 Å². The Morgan fingerprint density at radius 1 is 1.50 bits per heavy atom. The van der Waals surface area contributed by atoms with E-state index in [2.05, 4.69) is 36.4 Å². The highest BCUT2D eigenvalue weighted by molar-refractivity contribution is 5.01. The zero-order valence-corrected chi connectivity index (χ0v) is 12.2. The van der Waals surface area contributed by atoms with Crippen molar-refractivity contribution >= 4 is 0 Å². The molecule has 0 radical (unpaired) electrons. The Kier molecular flexibility index (Phi) is 5.75. The van der Waals surface area contributed by atoms with Gasteiger partial charge in [-0.2, -0.15) is 0 Å². The topological polar surface area (TPSA) is 52.0 Å². The summed E-state index contributed by atoms with van der Waals surface area (Å²) < 4.78 is 7.45. The molecule has 0 amide bonds. The third-order valence-electron chi connectivity index (χ3n) is 3.61. The maximum absolute atomic E-state index is 5.71. The number of methoxy groups -OCH3 is 1. The Labute approximate surface area is 110 Å². The Hall–Kier alpha value is -0.940. The van der Waals surface area contributed by atoms with Gasteiger partial charge in [0.1, 0.15) is 0 Å². The second kappa shape index (κ2) is 6.85. The molecule has 104 valence electrons. The number of aromatic nitrogens is 3. The maximum atomic E-state index is 5.71. The summed E-state index contributed by atoms with van der Waals surface area (Å²) in [4.78, 5) is 0. The molecular weight excluding hydrogens is 228 g/mol. The van der Waals surface area contributed by atoms with Crippen LogP contribution in [-0.4, -0.2) is 40.3 Å². The largest absolute Gasteiger partial charge is 0.377 e. The predicted molar refractivity (Wildman–Crippen MR) is 72.5 cm³/mol. The van der Waals surface area contributed by atoms with Crippen molar-refractivity contribution < 1.29 is 4.74 Å². The van der Waals surface area contributed by atoms with Gasteiger partial charge >= 0.3 is 0 Å². The van der Waals surface area contributed by atoms with E-state index in [0.717, 1.165) is 31.5 Å². The van der Waals surface area contributed by atoms with Crippen LogP contribution in [0.25, 0.3) is 0 Å². The molecular formula is C13H26N4O. The summed E-state index contributed by atoms with van der Waals surface area (Å²) >= 11 is 0. The molecule has 0 aliphatic heterocycles. The molecule has 0 aromatic carbocycles. The van der Waals surface area contributed by atoms with Crippen LogP contribution < -0.4 is 5.32 Å². The number of ether oxygens (including phenoxy) is 1. The molecule has 5 nitrogen and oxygen atoms in total. The van der Waals surface area contributed by atoms with Crippen LogP contribution in [0.15, 0.2) is 6.20 Å². The fourth-order valence-corrected chi connectivity index (χ4v) is 2.05. The Morgan fingerprint density at radius 3 is 2.67 bits per heavy atom. The first-order valence-electron chi connectivity index (χ1n) is 6.69. The van der Waals surface area contributed by atoms with Crippen LogP contribution in [0.5, 0.6) is 0 Å². The molecule has 0 fully saturated rings. The minimum atomic E-state index is -0.174. The van der Waals surface area contributed by atoms with Gasteiger partial charge in [-0.1, -0.05) is 19.1 Å². The van der Waals surface area contributed by atoms with Crippen molar-refractivity contribution in [3.05, 3.63) is 11.9 Å². The summed E-state index contributed by atoms with van der Waals surface area (Å²) in [6, 6.07) is 0.254. The van der Waals surface area contributed by atoms with E-state index in [-0.39, 0.29) is 11.6 Å². The van der Waals surface area contributed by atoms with Gasteiger partial charge in [-0.25, -0.2) is 0 Å². The second-order valence-electron chi connectivity index (χ2n) is 4.96. The van der Waals surface area contributed by atoms with Crippen LogP contribution in [-0.2, 0) is 18.2 Å². The van der Waals surface area contributed by atoms with Crippen molar-refractivity contribution in [2.45, 2.75) is 51.7 Å². The van der Waals surface area contributed by atoms with E-state index in [1.165, 1.54) is 0 Å². The lowest BCUT2D eigenvalue weighted by Gasteiger charge is -2.36. The summed E-state index contributed by atoms with van der Waals surface area (Å²) in [6.07, 6.45) is 4.88. The van der Waals surface area contributed by atoms with Gasteiger partial charge in [-0.3, -0.25) is 4.68 Å². The molecule has 1 N–H and O–H groups in total. The van der Waals surface area contributed by atoms with Gasteiger partial charge in [-0.05, 0) is 26.3 Å². The molecule has 5 heteroatoms. The maximum Gasteiger partial charge on any atom is 0.0843 e. The number of nitrogens with one attached hydrogen (secondary N) is 1. The Morgan fingerprint density at radius 2 is 2.22 bits per heavy atom. The van der Waals surface area contributed by atoms with Gasteiger partial charge in [0.2, 0.25) is 0 Å². The summed E-state index contributed by atoms with van der Waals surface area (Å²) in [5, 5.41) is 11.7. The van der Waals surface area contributed by atoms with Crippen LogP contribution in [0.1, 0.15) is 39.3 Å². The van der Waals surface area contributed by atoms with Gasteiger partial charge in [0.05, 0.1) is 11.3 Å². The third kappa shape index (κ3) is 3.78. The molecule has 0 saturated carbocycles. The molecule has 0 bridgehead atoms. The zero-order valence-electron chi connectivity index (χ0n) is 12.2. The minimum Gasteiger partial charge on any atom is -0.377 e. The average molecular weight is 254 g/mol. The second-order valence-corrected chi connectivity index (χ2v) is 4.96. The third-order valence-corrected chi connectivity index (χ3v) is 3.61. The molecule has 2 unspecified atom stereocenters. The van der Waals surface area contributed by atoms with Gasteiger partial charge < -0.3 is 10.1 Å². The van der Waals surface area contributed by atoms with Gasteiger partial charge in [0.15, 0.2) is 0 Å². The van der Waals surface area contributed by atoms with E-state index in [9.17, 15) is 0 Å². The van der Waals surface area contributed by atoms with Crippen LogP contribution in [0.4, 0.5) is 0 Å². The monoisotopic (exact) mass is 254 g/mol. The molecule has 1 rings (SSSR count). The number of hydrogen-bond acceptors (Lipinski definition) is 4. The van der Waals surface area contributed by atoms with Crippen molar-refractivity contribution in [1.82, 2.24) is 20.3 Å². The zero-order chi connectivity index (χ0) is 13.6. The summed E-state index contributed by atoms with van der Waals surface area (Å²) in [6.45, 7) is 7.46. The molecule has 0 saturated heterocycles. The molecule has 1 aromatic rings. The normalized spacial score (nSPS) is 16.5. The van der Waals surface area contributed by atoms with E-state index < -0.39 is 0 Å². The molecule has 0 spiro atoms. The van der Waals surface area contributed by atoms with Crippen LogP contribution in [0, 0.1) is 0 Å². The van der Waals surface area contributed by atoms with Crippen LogP contribution in [0.3, 0.4) is 0 Å². The first kappa shape index (κ1) is 15.1. The van der Waals surface area contributed by atoms with Crippen molar-refractivity contribution in [2.24, 2.45) is 7.05 Å². The summed E-state index contributed by atoms with van der Waals surface area (Å²) in [7, 11) is 3.67. The number of nitrogens with zero attached hydrogens (tertiary/aromatic N) is 3. The number of hydrogen-bond donors (Lipinski definition) is 1. The van der Waals surface area contributed by atoms with E-state index in [1.54, 1.807) is 11.8 Å². The fourth-order valence-electron chi connectivity index (χ4n) is 2.05.